The maximum absolute atomic E-state index is 2.53. The van der Waals surface area contributed by atoms with Crippen LogP contribution in [0.5, 0.6) is 0 Å². The molecule has 23 heavy (non-hydrogen) atoms. The van der Waals surface area contributed by atoms with E-state index in [1.54, 1.807) is 0 Å². The van der Waals surface area contributed by atoms with Gasteiger partial charge in [0.25, 0.3) is 0 Å². The number of hydrogen-bond acceptors (Lipinski definition) is 0. The van der Waals surface area contributed by atoms with Gasteiger partial charge < -0.3 is 0 Å². The lowest BCUT2D eigenvalue weighted by Crippen LogP contribution is -2.18. The minimum Gasteiger partial charge on any atom is -0.0654 e. The van der Waals surface area contributed by atoms with Crippen LogP contribution in [0.2, 0.25) is 0 Å². The predicted octanol–water partition coefficient (Wildman–Crippen LogP) is 8.64. The maximum atomic E-state index is 2.53. The van der Waals surface area contributed by atoms with Crippen LogP contribution in [0.1, 0.15) is 125 Å². The monoisotopic (exact) mass is 324 g/mol. The molecule has 0 fully saturated rings. The van der Waals surface area contributed by atoms with E-state index in [0.29, 0.717) is 0 Å². The largest absolute Gasteiger partial charge is 0.0654 e. The second-order valence-corrected chi connectivity index (χ2v) is 8.37. The van der Waals surface area contributed by atoms with Crippen molar-refractivity contribution in [1.29, 1.82) is 0 Å². The van der Waals surface area contributed by atoms with Gasteiger partial charge in [-0.05, 0) is 36.5 Å². The highest BCUT2D eigenvalue weighted by Crippen LogP contribution is 2.34. The lowest BCUT2D eigenvalue weighted by molar-refractivity contribution is 0.216. The Kier molecular flexibility index (Phi) is 15.5. The zero-order valence-electron chi connectivity index (χ0n) is 17.5. The summed E-state index contributed by atoms with van der Waals surface area (Å²) in [5.74, 6) is 3.82. The lowest BCUT2D eigenvalue weighted by atomic mass is 9.76. The molecule has 0 aromatic carbocycles. The summed E-state index contributed by atoms with van der Waals surface area (Å²) < 4.78 is 0. The minimum absolute atomic E-state index is 0.916. The molecule has 0 aliphatic rings. The van der Waals surface area contributed by atoms with Crippen LogP contribution in [-0.2, 0) is 0 Å². The van der Waals surface area contributed by atoms with Gasteiger partial charge in [0.05, 0.1) is 0 Å². The van der Waals surface area contributed by atoms with Crippen molar-refractivity contribution < 1.29 is 0 Å². The van der Waals surface area contributed by atoms with Crippen molar-refractivity contribution in [3.05, 3.63) is 0 Å². The molecule has 0 bridgehead atoms. The summed E-state index contributed by atoms with van der Waals surface area (Å²) in [4.78, 5) is 0. The highest BCUT2D eigenvalue weighted by molar-refractivity contribution is 4.73. The standard InChI is InChI=1S/C23H48/c1-7-11-13-16-22(18-20(5)10-4)19-23(17-14-12-8-2)21(6)15-9-3/h20-23H,7-19H2,1-6H3. The Morgan fingerprint density at radius 1 is 0.609 bits per heavy atom. The van der Waals surface area contributed by atoms with E-state index in [9.17, 15) is 0 Å². The first-order valence-electron chi connectivity index (χ1n) is 11.1. The molecule has 0 heterocycles. The van der Waals surface area contributed by atoms with E-state index in [2.05, 4.69) is 41.5 Å². The molecule has 0 aliphatic heterocycles. The van der Waals surface area contributed by atoms with Crippen LogP contribution in [-0.4, -0.2) is 0 Å². The van der Waals surface area contributed by atoms with Crippen molar-refractivity contribution in [2.24, 2.45) is 23.7 Å². The fourth-order valence-corrected chi connectivity index (χ4v) is 4.16. The summed E-state index contributed by atoms with van der Waals surface area (Å²) in [6.07, 6.45) is 18.6. The van der Waals surface area contributed by atoms with Crippen molar-refractivity contribution in [2.45, 2.75) is 125 Å². The molecule has 4 unspecified atom stereocenters. The molecule has 0 spiro atoms. The van der Waals surface area contributed by atoms with Gasteiger partial charge in [-0.25, -0.2) is 0 Å². The molecule has 0 radical (unpaired) electrons. The Balaban J connectivity index is 4.62. The predicted molar refractivity (Wildman–Crippen MR) is 108 cm³/mol. The van der Waals surface area contributed by atoms with Crippen LogP contribution in [0.15, 0.2) is 0 Å². The zero-order valence-corrected chi connectivity index (χ0v) is 17.5. The van der Waals surface area contributed by atoms with Gasteiger partial charge in [0.15, 0.2) is 0 Å². The topological polar surface area (TPSA) is 0 Å². The first-order valence-corrected chi connectivity index (χ1v) is 11.1. The summed E-state index contributed by atoms with van der Waals surface area (Å²) in [6, 6.07) is 0. The van der Waals surface area contributed by atoms with Crippen LogP contribution < -0.4 is 0 Å². The van der Waals surface area contributed by atoms with Crippen molar-refractivity contribution in [3.63, 3.8) is 0 Å². The molecular weight excluding hydrogens is 276 g/mol. The third-order valence-electron chi connectivity index (χ3n) is 6.01. The van der Waals surface area contributed by atoms with Gasteiger partial charge in [-0.3, -0.25) is 0 Å². The quantitative estimate of drug-likeness (QED) is 0.249. The molecule has 0 rings (SSSR count). The second-order valence-electron chi connectivity index (χ2n) is 8.37. The van der Waals surface area contributed by atoms with E-state index in [0.717, 1.165) is 23.7 Å². The van der Waals surface area contributed by atoms with Crippen molar-refractivity contribution in [3.8, 4) is 0 Å². The van der Waals surface area contributed by atoms with E-state index >= 15 is 0 Å². The lowest BCUT2D eigenvalue weighted by Gasteiger charge is -2.30. The molecule has 4 atom stereocenters. The van der Waals surface area contributed by atoms with Crippen molar-refractivity contribution in [1.82, 2.24) is 0 Å². The van der Waals surface area contributed by atoms with Crippen LogP contribution in [0.25, 0.3) is 0 Å². The van der Waals surface area contributed by atoms with Crippen molar-refractivity contribution >= 4 is 0 Å². The molecule has 0 heteroatoms. The molecule has 140 valence electrons. The average molecular weight is 325 g/mol. The van der Waals surface area contributed by atoms with E-state index in [4.69, 9.17) is 0 Å². The number of unbranched alkanes of at least 4 members (excludes halogenated alkanes) is 4. The molecule has 0 amide bonds. The summed E-state index contributed by atoms with van der Waals surface area (Å²) in [5, 5.41) is 0. The Morgan fingerprint density at radius 2 is 1.22 bits per heavy atom. The molecule has 0 aromatic heterocycles. The molecule has 0 aliphatic carbocycles. The normalized spacial score (nSPS) is 17.0. The molecule has 0 aromatic rings. The number of hydrogen-bond donors (Lipinski definition) is 0. The van der Waals surface area contributed by atoms with E-state index in [1.807, 2.05) is 0 Å². The van der Waals surface area contributed by atoms with Crippen LogP contribution >= 0.6 is 0 Å². The van der Waals surface area contributed by atoms with Gasteiger partial charge in [0, 0.05) is 0 Å². The first-order chi connectivity index (χ1) is 11.1. The third kappa shape index (κ3) is 12.1. The Hall–Kier alpha value is 0. The number of rotatable bonds is 16. The molecule has 0 nitrogen and oxygen atoms in total. The Labute approximate surface area is 149 Å². The fourth-order valence-electron chi connectivity index (χ4n) is 4.16. The Morgan fingerprint density at radius 3 is 1.74 bits per heavy atom. The summed E-state index contributed by atoms with van der Waals surface area (Å²) in [7, 11) is 0. The van der Waals surface area contributed by atoms with Crippen LogP contribution in [0.3, 0.4) is 0 Å². The van der Waals surface area contributed by atoms with Gasteiger partial charge >= 0.3 is 0 Å². The van der Waals surface area contributed by atoms with Gasteiger partial charge in [-0.15, -0.1) is 0 Å². The van der Waals surface area contributed by atoms with E-state index < -0.39 is 0 Å². The zero-order chi connectivity index (χ0) is 17.5. The smallest absolute Gasteiger partial charge is 0.0386 e. The molecule has 0 saturated carbocycles. The molecular formula is C23H48. The Bertz CT molecular complexity index is 232. The van der Waals surface area contributed by atoms with Crippen molar-refractivity contribution in [2.75, 3.05) is 0 Å². The summed E-state index contributed by atoms with van der Waals surface area (Å²) in [6.45, 7) is 14.4. The van der Waals surface area contributed by atoms with Crippen LogP contribution in [0.4, 0.5) is 0 Å². The maximum Gasteiger partial charge on any atom is -0.0386 e. The van der Waals surface area contributed by atoms with Gasteiger partial charge in [0.2, 0.25) is 0 Å². The summed E-state index contributed by atoms with van der Waals surface area (Å²) in [5.41, 5.74) is 0. The fraction of sp³-hybridized carbons (Fsp3) is 1.00. The molecule has 0 saturated heterocycles. The average Bonchev–Trinajstić information content (AvgIpc) is 2.54. The third-order valence-corrected chi connectivity index (χ3v) is 6.01. The van der Waals surface area contributed by atoms with E-state index in [1.165, 1.54) is 83.5 Å². The highest BCUT2D eigenvalue weighted by atomic mass is 14.3. The SMILES string of the molecule is CCCCCC(CC(C)CC)CC(CCCCC)C(C)CCC. The van der Waals surface area contributed by atoms with E-state index in [-0.39, 0.29) is 0 Å². The van der Waals surface area contributed by atoms with Crippen LogP contribution in [0, 0.1) is 23.7 Å². The minimum atomic E-state index is 0.916. The summed E-state index contributed by atoms with van der Waals surface area (Å²) >= 11 is 0. The second kappa shape index (κ2) is 15.5. The van der Waals surface area contributed by atoms with Gasteiger partial charge in [-0.1, -0.05) is 112 Å². The van der Waals surface area contributed by atoms with Gasteiger partial charge in [0.1, 0.15) is 0 Å². The highest BCUT2D eigenvalue weighted by Gasteiger charge is 2.22. The molecule has 0 N–H and O–H groups in total. The first kappa shape index (κ1) is 23.0. The van der Waals surface area contributed by atoms with Gasteiger partial charge in [-0.2, -0.15) is 0 Å².